The Hall–Kier alpha value is -0.950. The van der Waals surface area contributed by atoms with Crippen LogP contribution in [0.5, 0.6) is 0 Å². The van der Waals surface area contributed by atoms with Crippen LogP contribution < -0.4 is 5.32 Å². The standard InChI is InChI=1S/C8H13N3O2S2/c1-2-13-6(12)4-3-5-9-7-10-11-8(14)15-7/h2-5H2,1H3,(H,9,10)(H,11,14). The van der Waals surface area contributed by atoms with Crippen LogP contribution in [0.4, 0.5) is 5.13 Å². The molecule has 0 spiro atoms. The maximum atomic E-state index is 11.0. The fourth-order valence-corrected chi connectivity index (χ4v) is 1.78. The minimum atomic E-state index is -0.158. The molecule has 0 saturated carbocycles. The van der Waals surface area contributed by atoms with Crippen molar-refractivity contribution >= 4 is 34.7 Å². The summed E-state index contributed by atoms with van der Waals surface area (Å²) < 4.78 is 5.44. The van der Waals surface area contributed by atoms with E-state index in [1.807, 2.05) is 0 Å². The molecule has 0 saturated heterocycles. The molecule has 0 bridgehead atoms. The van der Waals surface area contributed by atoms with Crippen molar-refractivity contribution in [1.82, 2.24) is 10.2 Å². The molecule has 1 aromatic rings. The number of carbonyl (C=O) groups is 1. The van der Waals surface area contributed by atoms with Gasteiger partial charge in [0.25, 0.3) is 0 Å². The van der Waals surface area contributed by atoms with E-state index in [1.54, 1.807) is 6.92 Å². The average molecular weight is 247 g/mol. The van der Waals surface area contributed by atoms with Crippen molar-refractivity contribution in [1.29, 1.82) is 0 Å². The van der Waals surface area contributed by atoms with Crippen molar-refractivity contribution in [2.75, 3.05) is 18.5 Å². The molecule has 0 aliphatic rings. The van der Waals surface area contributed by atoms with Gasteiger partial charge in [0, 0.05) is 13.0 Å². The van der Waals surface area contributed by atoms with E-state index in [0.717, 1.165) is 11.6 Å². The molecule has 1 heterocycles. The van der Waals surface area contributed by atoms with Gasteiger partial charge in [0.05, 0.1) is 6.61 Å². The number of carbonyl (C=O) groups excluding carboxylic acids is 1. The number of rotatable bonds is 6. The van der Waals surface area contributed by atoms with Crippen molar-refractivity contribution < 1.29 is 9.53 Å². The van der Waals surface area contributed by atoms with Gasteiger partial charge in [-0.1, -0.05) is 11.3 Å². The van der Waals surface area contributed by atoms with Gasteiger partial charge >= 0.3 is 5.97 Å². The Bertz CT molecular complexity index is 361. The van der Waals surface area contributed by atoms with E-state index in [9.17, 15) is 4.79 Å². The lowest BCUT2D eigenvalue weighted by Gasteiger charge is -2.02. The smallest absolute Gasteiger partial charge is 0.305 e. The van der Waals surface area contributed by atoms with Crippen LogP contribution in [-0.2, 0) is 9.53 Å². The molecule has 5 nitrogen and oxygen atoms in total. The zero-order chi connectivity index (χ0) is 11.1. The second kappa shape index (κ2) is 6.52. The van der Waals surface area contributed by atoms with Crippen LogP contribution in [0, 0.1) is 3.95 Å². The predicted molar refractivity (Wildman–Crippen MR) is 61.7 cm³/mol. The second-order valence-electron chi connectivity index (χ2n) is 2.75. The van der Waals surface area contributed by atoms with Gasteiger partial charge in [0.2, 0.25) is 5.13 Å². The first-order chi connectivity index (χ1) is 7.22. The molecule has 0 aliphatic heterocycles. The van der Waals surface area contributed by atoms with Crippen molar-refractivity contribution in [3.63, 3.8) is 0 Å². The minimum Gasteiger partial charge on any atom is -0.466 e. The van der Waals surface area contributed by atoms with Crippen LogP contribution in [-0.4, -0.2) is 29.3 Å². The first kappa shape index (κ1) is 12.1. The van der Waals surface area contributed by atoms with Crippen LogP contribution in [0.1, 0.15) is 19.8 Å². The van der Waals surface area contributed by atoms with E-state index in [4.69, 9.17) is 17.0 Å². The summed E-state index contributed by atoms with van der Waals surface area (Å²) in [4.78, 5) is 11.0. The lowest BCUT2D eigenvalue weighted by Crippen LogP contribution is -2.08. The van der Waals surface area contributed by atoms with E-state index in [1.165, 1.54) is 11.3 Å². The number of anilines is 1. The quantitative estimate of drug-likeness (QED) is 0.457. The number of hydrogen-bond acceptors (Lipinski definition) is 6. The molecule has 0 unspecified atom stereocenters. The number of aromatic nitrogens is 2. The van der Waals surface area contributed by atoms with Crippen molar-refractivity contribution in [3.8, 4) is 0 Å². The maximum Gasteiger partial charge on any atom is 0.305 e. The minimum absolute atomic E-state index is 0.158. The molecule has 2 N–H and O–H groups in total. The third-order valence-corrected chi connectivity index (χ3v) is 2.62. The molecule has 1 aromatic heterocycles. The Kier molecular flexibility index (Phi) is 5.27. The molecule has 0 amide bonds. The third kappa shape index (κ3) is 4.89. The fourth-order valence-electron chi connectivity index (χ4n) is 0.967. The number of ether oxygens (including phenoxy) is 1. The van der Waals surface area contributed by atoms with E-state index >= 15 is 0 Å². The van der Waals surface area contributed by atoms with E-state index in [2.05, 4.69) is 15.5 Å². The number of H-pyrrole nitrogens is 1. The molecular formula is C8H13N3O2S2. The first-order valence-electron chi connectivity index (χ1n) is 4.67. The van der Waals surface area contributed by atoms with Crippen LogP contribution in [0.2, 0.25) is 0 Å². The molecule has 84 valence electrons. The Morgan fingerprint density at radius 2 is 2.53 bits per heavy atom. The molecule has 7 heteroatoms. The van der Waals surface area contributed by atoms with E-state index < -0.39 is 0 Å². The number of nitrogens with zero attached hydrogens (tertiary/aromatic N) is 1. The van der Waals surface area contributed by atoms with Crippen LogP contribution in [0.3, 0.4) is 0 Å². The van der Waals surface area contributed by atoms with Crippen molar-refractivity contribution in [2.45, 2.75) is 19.8 Å². The normalized spacial score (nSPS) is 9.93. The monoisotopic (exact) mass is 247 g/mol. The number of esters is 1. The summed E-state index contributed by atoms with van der Waals surface area (Å²) in [6, 6.07) is 0. The van der Waals surface area contributed by atoms with Crippen LogP contribution in [0.15, 0.2) is 0 Å². The summed E-state index contributed by atoms with van der Waals surface area (Å²) in [7, 11) is 0. The Labute approximate surface area is 96.9 Å². The lowest BCUT2D eigenvalue weighted by atomic mass is 10.3. The Morgan fingerprint density at radius 1 is 1.73 bits per heavy atom. The van der Waals surface area contributed by atoms with E-state index in [0.29, 0.717) is 23.5 Å². The molecular weight excluding hydrogens is 234 g/mol. The molecule has 0 atom stereocenters. The second-order valence-corrected chi connectivity index (χ2v) is 4.42. The topological polar surface area (TPSA) is 67.0 Å². The SMILES string of the molecule is CCOC(=O)CCCNc1n[nH]c(=S)s1. The fraction of sp³-hybridized carbons (Fsp3) is 0.625. The third-order valence-electron chi connectivity index (χ3n) is 1.58. The van der Waals surface area contributed by atoms with Crippen LogP contribution in [0.25, 0.3) is 0 Å². The molecule has 1 rings (SSSR count). The first-order valence-corrected chi connectivity index (χ1v) is 5.90. The van der Waals surface area contributed by atoms with Gasteiger partial charge in [0.15, 0.2) is 3.95 Å². The summed E-state index contributed by atoms with van der Waals surface area (Å²) in [6.45, 7) is 2.93. The number of hydrogen-bond donors (Lipinski definition) is 2. The van der Waals surface area contributed by atoms with Crippen molar-refractivity contribution in [2.24, 2.45) is 0 Å². The molecule has 0 aliphatic carbocycles. The predicted octanol–water partition coefficient (Wildman–Crippen LogP) is 1.96. The van der Waals surface area contributed by atoms with Gasteiger partial charge in [-0.2, -0.15) is 0 Å². The number of aromatic amines is 1. The highest BCUT2D eigenvalue weighted by Gasteiger charge is 2.01. The molecule has 15 heavy (non-hydrogen) atoms. The summed E-state index contributed by atoms with van der Waals surface area (Å²) in [5.41, 5.74) is 0. The highest BCUT2D eigenvalue weighted by Crippen LogP contribution is 2.10. The zero-order valence-corrected chi connectivity index (χ0v) is 10.0. The van der Waals surface area contributed by atoms with Gasteiger partial charge in [-0.15, -0.1) is 5.10 Å². The largest absolute Gasteiger partial charge is 0.466 e. The zero-order valence-electron chi connectivity index (χ0n) is 8.41. The average Bonchev–Trinajstić information content (AvgIpc) is 2.60. The lowest BCUT2D eigenvalue weighted by molar-refractivity contribution is -0.143. The summed E-state index contributed by atoms with van der Waals surface area (Å²) in [6.07, 6.45) is 1.15. The van der Waals surface area contributed by atoms with Gasteiger partial charge in [-0.3, -0.25) is 9.89 Å². The van der Waals surface area contributed by atoms with Gasteiger partial charge < -0.3 is 10.1 Å². The van der Waals surface area contributed by atoms with Gasteiger partial charge in [0.1, 0.15) is 0 Å². The maximum absolute atomic E-state index is 11.0. The van der Waals surface area contributed by atoms with Crippen molar-refractivity contribution in [3.05, 3.63) is 3.95 Å². The Balaban J connectivity index is 2.12. The molecule has 0 fully saturated rings. The summed E-state index contributed by atoms with van der Waals surface area (Å²) >= 11 is 6.25. The van der Waals surface area contributed by atoms with E-state index in [-0.39, 0.29) is 5.97 Å². The summed E-state index contributed by atoms with van der Waals surface area (Å²) in [5, 5.41) is 10.4. The number of nitrogens with one attached hydrogen (secondary N) is 2. The van der Waals surface area contributed by atoms with Gasteiger partial charge in [-0.05, 0) is 25.6 Å². The highest BCUT2D eigenvalue weighted by atomic mass is 32.1. The Morgan fingerprint density at radius 3 is 3.13 bits per heavy atom. The van der Waals surface area contributed by atoms with Gasteiger partial charge in [-0.25, -0.2) is 0 Å². The highest BCUT2D eigenvalue weighted by molar-refractivity contribution is 7.73. The van der Waals surface area contributed by atoms with Crippen LogP contribution >= 0.6 is 23.6 Å². The molecule has 0 radical (unpaired) electrons. The summed E-state index contributed by atoms with van der Waals surface area (Å²) in [5.74, 6) is -0.158. The molecule has 0 aromatic carbocycles.